The van der Waals surface area contributed by atoms with Crippen molar-refractivity contribution in [2.75, 3.05) is 26.2 Å². The lowest BCUT2D eigenvalue weighted by molar-refractivity contribution is 0.147. The first kappa shape index (κ1) is 18.4. The monoisotopic (exact) mass is 362 g/mol. The third-order valence-electron chi connectivity index (χ3n) is 7.09. The van der Waals surface area contributed by atoms with Crippen molar-refractivity contribution in [2.24, 2.45) is 0 Å². The molecule has 0 radical (unpaired) electrons. The molecule has 4 unspecified atom stereocenters. The van der Waals surface area contributed by atoms with Crippen LogP contribution >= 0.6 is 11.8 Å². The van der Waals surface area contributed by atoms with Gasteiger partial charge in [-0.05, 0) is 90.4 Å². The Bertz CT molecular complexity index is 388. The van der Waals surface area contributed by atoms with Gasteiger partial charge in [0.2, 0.25) is 0 Å². The molecule has 0 aromatic rings. The standard InChI is InChI=1S/C22H38N2S/c1-2-6-12-20(24-17-9-4-10-18-24)22-14-13-21(25-22)19(11-5-1)23-15-7-3-8-16-23/h1-2,19-22H,3-18H2/b2-1-. The summed E-state index contributed by atoms with van der Waals surface area (Å²) in [6.45, 7) is 5.47. The molecule has 3 fully saturated rings. The molecule has 4 rings (SSSR count). The van der Waals surface area contributed by atoms with E-state index in [1.165, 1.54) is 103 Å². The predicted molar refractivity (Wildman–Crippen MR) is 110 cm³/mol. The number of hydrogen-bond acceptors (Lipinski definition) is 3. The molecule has 25 heavy (non-hydrogen) atoms. The van der Waals surface area contributed by atoms with Crippen LogP contribution in [0.3, 0.4) is 0 Å². The van der Waals surface area contributed by atoms with Gasteiger partial charge in [0.15, 0.2) is 0 Å². The molecule has 3 heteroatoms. The molecule has 3 saturated heterocycles. The minimum atomic E-state index is 0.847. The van der Waals surface area contributed by atoms with E-state index in [-0.39, 0.29) is 0 Å². The average molecular weight is 363 g/mol. The molecule has 0 aromatic carbocycles. The summed E-state index contributed by atoms with van der Waals surface area (Å²) in [5, 5.41) is 1.81. The SMILES string of the molecule is C1=C\CCC(N2CCCCC2)C2CCC(S2)C(N2CCCCC2)CC/1. The maximum absolute atomic E-state index is 2.88. The highest BCUT2D eigenvalue weighted by molar-refractivity contribution is 8.00. The second-order valence-corrected chi connectivity index (χ2v) is 10.2. The molecule has 0 saturated carbocycles. The summed E-state index contributed by atoms with van der Waals surface area (Å²) in [4.78, 5) is 5.76. The Kier molecular flexibility index (Phi) is 6.82. The molecule has 0 N–H and O–H groups in total. The Morgan fingerprint density at radius 2 is 1.00 bits per heavy atom. The summed E-state index contributed by atoms with van der Waals surface area (Å²) >= 11 is 2.41. The number of piperidine rings is 2. The van der Waals surface area contributed by atoms with Gasteiger partial charge in [0, 0.05) is 22.6 Å². The minimum absolute atomic E-state index is 0.847. The van der Waals surface area contributed by atoms with E-state index in [0.717, 1.165) is 22.6 Å². The molecule has 2 nitrogen and oxygen atoms in total. The highest BCUT2D eigenvalue weighted by atomic mass is 32.2. The van der Waals surface area contributed by atoms with Crippen LogP contribution in [-0.4, -0.2) is 58.6 Å². The van der Waals surface area contributed by atoms with Gasteiger partial charge in [-0.15, -0.1) is 0 Å². The average Bonchev–Trinajstić information content (AvgIpc) is 3.12. The van der Waals surface area contributed by atoms with Crippen LogP contribution in [-0.2, 0) is 0 Å². The Balaban J connectivity index is 1.47. The molecule has 4 aliphatic rings. The lowest BCUT2D eigenvalue weighted by Gasteiger charge is -2.39. The summed E-state index contributed by atoms with van der Waals surface area (Å²) < 4.78 is 0. The van der Waals surface area contributed by atoms with Crippen LogP contribution in [0.4, 0.5) is 0 Å². The highest BCUT2D eigenvalue weighted by Crippen LogP contribution is 2.43. The van der Waals surface area contributed by atoms with Crippen molar-refractivity contribution in [3.8, 4) is 0 Å². The fourth-order valence-electron chi connectivity index (χ4n) is 5.73. The van der Waals surface area contributed by atoms with Crippen molar-refractivity contribution in [1.29, 1.82) is 0 Å². The Labute approximate surface area is 159 Å². The van der Waals surface area contributed by atoms with E-state index in [1.54, 1.807) is 0 Å². The molecule has 4 aliphatic heterocycles. The second-order valence-electron chi connectivity index (χ2n) is 8.74. The van der Waals surface area contributed by atoms with Gasteiger partial charge in [-0.25, -0.2) is 0 Å². The Hall–Kier alpha value is 0.01000. The number of nitrogens with zero attached hydrogens (tertiary/aromatic N) is 2. The van der Waals surface area contributed by atoms with Crippen molar-refractivity contribution < 1.29 is 0 Å². The fraction of sp³-hybridized carbons (Fsp3) is 0.909. The Morgan fingerprint density at radius 1 is 0.560 bits per heavy atom. The van der Waals surface area contributed by atoms with Crippen LogP contribution in [0.5, 0.6) is 0 Å². The van der Waals surface area contributed by atoms with Crippen molar-refractivity contribution in [1.82, 2.24) is 9.80 Å². The van der Waals surface area contributed by atoms with Gasteiger partial charge in [0.05, 0.1) is 0 Å². The predicted octanol–water partition coefficient (Wildman–Crippen LogP) is 5.09. The molecule has 4 atom stereocenters. The minimum Gasteiger partial charge on any atom is -0.299 e. The quantitative estimate of drug-likeness (QED) is 0.632. The van der Waals surface area contributed by atoms with Crippen molar-refractivity contribution >= 4 is 11.8 Å². The summed E-state index contributed by atoms with van der Waals surface area (Å²) in [5.41, 5.74) is 0. The van der Waals surface area contributed by atoms with Crippen molar-refractivity contribution in [3.63, 3.8) is 0 Å². The van der Waals surface area contributed by atoms with Crippen LogP contribution in [0, 0.1) is 0 Å². The van der Waals surface area contributed by atoms with Crippen LogP contribution in [0.2, 0.25) is 0 Å². The van der Waals surface area contributed by atoms with Gasteiger partial charge in [-0.1, -0.05) is 25.0 Å². The molecule has 0 aliphatic carbocycles. The van der Waals surface area contributed by atoms with Gasteiger partial charge in [-0.2, -0.15) is 11.8 Å². The van der Waals surface area contributed by atoms with Crippen molar-refractivity contribution in [3.05, 3.63) is 12.2 Å². The zero-order valence-electron chi connectivity index (χ0n) is 16.1. The summed E-state index contributed by atoms with van der Waals surface area (Å²) in [5.74, 6) is 0. The maximum atomic E-state index is 2.88. The van der Waals surface area contributed by atoms with E-state index in [9.17, 15) is 0 Å². The molecule has 4 heterocycles. The third kappa shape index (κ3) is 4.65. The topological polar surface area (TPSA) is 6.48 Å². The molecular formula is C22H38N2S. The number of allylic oxidation sites excluding steroid dienone is 2. The zero-order valence-corrected chi connectivity index (χ0v) is 16.9. The molecule has 0 amide bonds. The normalized spacial score (nSPS) is 40.5. The molecular weight excluding hydrogens is 324 g/mol. The van der Waals surface area contributed by atoms with Crippen LogP contribution in [0.25, 0.3) is 0 Å². The fourth-order valence-corrected chi connectivity index (χ4v) is 7.70. The number of fused-ring (bicyclic) bond motifs is 2. The third-order valence-corrected chi connectivity index (χ3v) is 8.89. The first-order valence-corrected chi connectivity index (χ1v) is 12.1. The van der Waals surface area contributed by atoms with Crippen molar-refractivity contribution in [2.45, 2.75) is 99.6 Å². The van der Waals surface area contributed by atoms with Gasteiger partial charge in [-0.3, -0.25) is 9.80 Å². The number of likely N-dealkylation sites (tertiary alicyclic amines) is 2. The van der Waals surface area contributed by atoms with Crippen LogP contribution < -0.4 is 0 Å². The highest BCUT2D eigenvalue weighted by Gasteiger charge is 2.39. The lowest BCUT2D eigenvalue weighted by atomic mass is 9.94. The van der Waals surface area contributed by atoms with Gasteiger partial charge in [0.1, 0.15) is 0 Å². The molecule has 0 spiro atoms. The summed E-state index contributed by atoms with van der Waals surface area (Å²) in [7, 11) is 0. The smallest absolute Gasteiger partial charge is 0.0217 e. The summed E-state index contributed by atoms with van der Waals surface area (Å²) in [6, 6.07) is 1.69. The van der Waals surface area contributed by atoms with E-state index >= 15 is 0 Å². The van der Waals surface area contributed by atoms with E-state index in [0.29, 0.717) is 0 Å². The molecule has 2 bridgehead atoms. The number of hydrogen-bond donors (Lipinski definition) is 0. The van der Waals surface area contributed by atoms with E-state index in [2.05, 4.69) is 33.7 Å². The van der Waals surface area contributed by atoms with Gasteiger partial charge in [0.25, 0.3) is 0 Å². The van der Waals surface area contributed by atoms with Crippen LogP contribution in [0.1, 0.15) is 77.0 Å². The second kappa shape index (κ2) is 9.28. The first-order valence-electron chi connectivity index (χ1n) is 11.2. The van der Waals surface area contributed by atoms with E-state index in [4.69, 9.17) is 0 Å². The number of thioether (sulfide) groups is 1. The van der Waals surface area contributed by atoms with E-state index in [1.807, 2.05) is 0 Å². The van der Waals surface area contributed by atoms with Gasteiger partial charge < -0.3 is 0 Å². The largest absolute Gasteiger partial charge is 0.299 e. The Morgan fingerprint density at radius 3 is 1.44 bits per heavy atom. The molecule has 0 aromatic heterocycles. The van der Waals surface area contributed by atoms with Crippen LogP contribution in [0.15, 0.2) is 12.2 Å². The number of rotatable bonds is 2. The molecule has 142 valence electrons. The summed E-state index contributed by atoms with van der Waals surface area (Å²) in [6.07, 6.45) is 22.0. The van der Waals surface area contributed by atoms with E-state index < -0.39 is 0 Å². The first-order chi connectivity index (χ1) is 12.4. The zero-order chi connectivity index (χ0) is 16.9. The lowest BCUT2D eigenvalue weighted by Crippen LogP contribution is -2.45. The van der Waals surface area contributed by atoms with Gasteiger partial charge >= 0.3 is 0 Å². The maximum Gasteiger partial charge on any atom is 0.0217 e.